The number of benzene rings is 3. The van der Waals surface area contributed by atoms with Crippen LogP contribution in [-0.4, -0.2) is 46.9 Å². The molecule has 1 atom stereocenters. The quantitative estimate of drug-likeness (QED) is 0.584. The number of carbonyl (C=O) groups is 1. The highest BCUT2D eigenvalue weighted by Gasteiger charge is 2.24. The van der Waals surface area contributed by atoms with Gasteiger partial charge >= 0.3 is 0 Å². The molecule has 1 N–H and O–H groups in total. The van der Waals surface area contributed by atoms with Gasteiger partial charge in [0.1, 0.15) is 0 Å². The summed E-state index contributed by atoms with van der Waals surface area (Å²) in [6, 6.07) is 18.1. The average molecular weight is 461 g/mol. The molecule has 0 aromatic heterocycles. The Hall–Kier alpha value is -2.75. The third-order valence-corrected chi connectivity index (χ3v) is 7.91. The van der Waals surface area contributed by atoms with Gasteiger partial charge in [-0.2, -0.15) is 4.31 Å². The van der Waals surface area contributed by atoms with Crippen LogP contribution in [0.15, 0.2) is 76.5 Å². The number of hydrogen-bond acceptors (Lipinski definition) is 5. The molecule has 3 aromatic rings. The monoisotopic (exact) mass is 460 g/mol. The molecule has 0 aliphatic heterocycles. The fraction of sp³-hybridized carbons (Fsp3) is 0.227. The van der Waals surface area contributed by atoms with Gasteiger partial charge in [0.05, 0.1) is 22.4 Å². The molecule has 1 unspecified atom stereocenters. The fourth-order valence-electron chi connectivity index (χ4n) is 3.17. The summed E-state index contributed by atoms with van der Waals surface area (Å²) in [5.74, 6) is -0.466. The number of sulfonamides is 1. The Morgan fingerprint density at radius 2 is 1.48 bits per heavy atom. The molecule has 0 aliphatic rings. The molecule has 1 amide bonds. The van der Waals surface area contributed by atoms with Gasteiger partial charge in [0.25, 0.3) is 0 Å². The lowest BCUT2D eigenvalue weighted by Crippen LogP contribution is -2.39. The second kappa shape index (κ2) is 8.78. The van der Waals surface area contributed by atoms with Crippen LogP contribution in [0.1, 0.15) is 18.5 Å². The van der Waals surface area contributed by atoms with Crippen LogP contribution in [0.2, 0.25) is 0 Å². The first kappa shape index (κ1) is 22.9. The van der Waals surface area contributed by atoms with Gasteiger partial charge < -0.3 is 5.32 Å². The van der Waals surface area contributed by atoms with E-state index in [4.69, 9.17) is 0 Å². The maximum Gasteiger partial charge on any atom is 0.243 e. The van der Waals surface area contributed by atoms with Crippen molar-refractivity contribution in [3.05, 3.63) is 72.3 Å². The molecule has 9 heteroatoms. The van der Waals surface area contributed by atoms with Crippen LogP contribution < -0.4 is 5.32 Å². The third kappa shape index (κ3) is 5.30. The molecule has 0 spiro atoms. The van der Waals surface area contributed by atoms with E-state index in [-0.39, 0.29) is 16.3 Å². The SMILES string of the molecule is CC(NC(=O)CN(C)S(=O)(=O)c1ccc2ccccc2c1)c1ccc(S(C)(=O)=O)cc1. The number of fused-ring (bicyclic) bond motifs is 1. The van der Waals surface area contributed by atoms with Gasteiger partial charge in [-0.3, -0.25) is 4.79 Å². The first-order valence-corrected chi connectivity index (χ1v) is 12.9. The summed E-state index contributed by atoms with van der Waals surface area (Å²) in [6.07, 6.45) is 1.12. The van der Waals surface area contributed by atoms with E-state index in [1.54, 1.807) is 31.2 Å². The number of amides is 1. The third-order valence-electron chi connectivity index (χ3n) is 4.98. The zero-order chi connectivity index (χ0) is 22.8. The van der Waals surface area contributed by atoms with Crippen LogP contribution in [0, 0.1) is 0 Å². The molecule has 0 saturated heterocycles. The lowest BCUT2D eigenvalue weighted by Gasteiger charge is -2.20. The zero-order valence-corrected chi connectivity index (χ0v) is 19.1. The predicted molar refractivity (Wildman–Crippen MR) is 120 cm³/mol. The first-order valence-electron chi connectivity index (χ1n) is 9.53. The molecule has 164 valence electrons. The summed E-state index contributed by atoms with van der Waals surface area (Å²) < 4.78 is 49.9. The molecule has 0 radical (unpaired) electrons. The van der Waals surface area contributed by atoms with E-state index < -0.39 is 31.8 Å². The summed E-state index contributed by atoms with van der Waals surface area (Å²) >= 11 is 0. The number of sulfone groups is 1. The average Bonchev–Trinajstić information content (AvgIpc) is 2.72. The van der Waals surface area contributed by atoms with Crippen molar-refractivity contribution >= 4 is 36.5 Å². The summed E-state index contributed by atoms with van der Waals surface area (Å²) in [7, 11) is -5.79. The van der Waals surface area contributed by atoms with Gasteiger partial charge in [-0.05, 0) is 47.5 Å². The number of nitrogens with one attached hydrogen (secondary N) is 1. The van der Waals surface area contributed by atoms with Crippen LogP contribution >= 0.6 is 0 Å². The molecule has 0 heterocycles. The Morgan fingerprint density at radius 3 is 2.10 bits per heavy atom. The van der Waals surface area contributed by atoms with Crippen molar-refractivity contribution in [2.24, 2.45) is 0 Å². The van der Waals surface area contributed by atoms with E-state index in [1.807, 2.05) is 24.3 Å². The van der Waals surface area contributed by atoms with Crippen molar-refractivity contribution in [3.8, 4) is 0 Å². The standard InChI is InChI=1S/C22H24N2O5S2/c1-16(17-8-11-20(12-9-17)30(3,26)27)23-22(25)15-24(2)31(28,29)21-13-10-18-6-4-5-7-19(18)14-21/h4-14,16H,15H2,1-3H3,(H,23,25). The minimum Gasteiger partial charge on any atom is -0.348 e. The highest BCUT2D eigenvalue weighted by Crippen LogP contribution is 2.21. The Labute approximate surface area is 182 Å². The second-order valence-electron chi connectivity index (χ2n) is 7.40. The van der Waals surface area contributed by atoms with E-state index in [1.165, 1.54) is 25.2 Å². The molecule has 0 saturated carbocycles. The second-order valence-corrected chi connectivity index (χ2v) is 11.5. The number of rotatable bonds is 7. The normalized spacial score (nSPS) is 13.3. The summed E-state index contributed by atoms with van der Waals surface area (Å²) in [5.41, 5.74) is 0.709. The lowest BCUT2D eigenvalue weighted by atomic mass is 10.1. The zero-order valence-electron chi connectivity index (χ0n) is 17.4. The van der Waals surface area contributed by atoms with Gasteiger partial charge in [-0.1, -0.05) is 42.5 Å². The molecule has 31 heavy (non-hydrogen) atoms. The maximum atomic E-state index is 12.9. The Balaban J connectivity index is 1.68. The highest BCUT2D eigenvalue weighted by molar-refractivity contribution is 7.90. The topological polar surface area (TPSA) is 101 Å². The predicted octanol–water partition coefficient (Wildman–Crippen LogP) is 2.74. The van der Waals surface area contributed by atoms with Crippen LogP contribution in [0.4, 0.5) is 0 Å². The Kier molecular flexibility index (Phi) is 6.49. The Morgan fingerprint density at radius 1 is 0.903 bits per heavy atom. The molecule has 0 bridgehead atoms. The minimum atomic E-state index is -3.84. The largest absolute Gasteiger partial charge is 0.348 e. The van der Waals surface area contributed by atoms with Crippen LogP contribution in [-0.2, 0) is 24.7 Å². The van der Waals surface area contributed by atoms with Gasteiger partial charge in [0, 0.05) is 13.3 Å². The molecular weight excluding hydrogens is 436 g/mol. The molecule has 3 rings (SSSR count). The molecule has 0 aliphatic carbocycles. The van der Waals surface area contributed by atoms with Crippen LogP contribution in [0.25, 0.3) is 10.8 Å². The van der Waals surface area contributed by atoms with Gasteiger partial charge in [-0.25, -0.2) is 16.8 Å². The van der Waals surface area contributed by atoms with E-state index in [9.17, 15) is 21.6 Å². The van der Waals surface area contributed by atoms with Crippen LogP contribution in [0.3, 0.4) is 0 Å². The van der Waals surface area contributed by atoms with E-state index >= 15 is 0 Å². The van der Waals surface area contributed by atoms with E-state index in [0.29, 0.717) is 5.56 Å². The van der Waals surface area contributed by atoms with Crippen molar-refractivity contribution in [1.29, 1.82) is 0 Å². The number of likely N-dealkylation sites (N-methyl/N-ethyl adjacent to an activating group) is 1. The van der Waals surface area contributed by atoms with E-state index in [2.05, 4.69) is 5.32 Å². The highest BCUT2D eigenvalue weighted by atomic mass is 32.2. The smallest absolute Gasteiger partial charge is 0.243 e. The number of hydrogen-bond donors (Lipinski definition) is 1. The van der Waals surface area contributed by atoms with Crippen molar-refractivity contribution < 1.29 is 21.6 Å². The van der Waals surface area contributed by atoms with Crippen molar-refractivity contribution in [2.75, 3.05) is 19.8 Å². The summed E-state index contributed by atoms with van der Waals surface area (Å²) in [6.45, 7) is 1.39. The van der Waals surface area contributed by atoms with Crippen molar-refractivity contribution in [1.82, 2.24) is 9.62 Å². The van der Waals surface area contributed by atoms with Gasteiger partial charge in [-0.15, -0.1) is 0 Å². The molecular formula is C22H24N2O5S2. The Bertz CT molecular complexity index is 1320. The fourth-order valence-corrected chi connectivity index (χ4v) is 4.96. The summed E-state index contributed by atoms with van der Waals surface area (Å²) in [4.78, 5) is 12.7. The molecule has 3 aromatic carbocycles. The number of nitrogens with zero attached hydrogens (tertiary/aromatic N) is 1. The van der Waals surface area contributed by atoms with Crippen molar-refractivity contribution in [3.63, 3.8) is 0 Å². The first-order chi connectivity index (χ1) is 14.5. The maximum absolute atomic E-state index is 12.9. The van der Waals surface area contributed by atoms with Gasteiger partial charge in [0.2, 0.25) is 15.9 Å². The lowest BCUT2D eigenvalue weighted by molar-refractivity contribution is -0.121. The minimum absolute atomic E-state index is 0.117. The van der Waals surface area contributed by atoms with Crippen LogP contribution in [0.5, 0.6) is 0 Å². The molecule has 0 fully saturated rings. The molecule has 7 nitrogen and oxygen atoms in total. The van der Waals surface area contributed by atoms with Crippen molar-refractivity contribution in [2.45, 2.75) is 22.8 Å². The number of carbonyl (C=O) groups excluding carboxylic acids is 1. The summed E-state index contributed by atoms with van der Waals surface area (Å²) in [5, 5.41) is 4.47. The van der Waals surface area contributed by atoms with E-state index in [0.717, 1.165) is 21.3 Å². The van der Waals surface area contributed by atoms with Gasteiger partial charge in [0.15, 0.2) is 9.84 Å².